The number of amides is 1. The second kappa shape index (κ2) is 6.17. The van der Waals surface area contributed by atoms with Gasteiger partial charge in [0, 0.05) is 37.4 Å². The molecular weight excluding hydrogens is 254 g/mol. The Balaban J connectivity index is 1.62. The summed E-state index contributed by atoms with van der Waals surface area (Å²) in [6.45, 7) is 3.68. The molecule has 0 saturated carbocycles. The summed E-state index contributed by atoms with van der Waals surface area (Å²) in [5.41, 5.74) is 2.34. The second-order valence-corrected chi connectivity index (χ2v) is 5.34. The monoisotopic (exact) mass is 275 g/mol. The average molecular weight is 275 g/mol. The molecule has 1 aliphatic carbocycles. The number of anilines is 1. The first-order valence-electron chi connectivity index (χ1n) is 7.40. The van der Waals surface area contributed by atoms with Crippen molar-refractivity contribution in [1.29, 1.82) is 0 Å². The van der Waals surface area contributed by atoms with Crippen LogP contribution < -0.4 is 10.6 Å². The quantitative estimate of drug-likeness (QED) is 0.824. The molecule has 2 heterocycles. The van der Waals surface area contributed by atoms with Crippen LogP contribution in [0.15, 0.2) is 6.33 Å². The Hall–Kier alpha value is -1.69. The van der Waals surface area contributed by atoms with E-state index in [1.807, 2.05) is 4.90 Å². The zero-order valence-corrected chi connectivity index (χ0v) is 11.7. The van der Waals surface area contributed by atoms with Gasteiger partial charge in [-0.25, -0.2) is 9.97 Å². The molecule has 0 radical (unpaired) electrons. The summed E-state index contributed by atoms with van der Waals surface area (Å²) in [4.78, 5) is 22.7. The van der Waals surface area contributed by atoms with Gasteiger partial charge in [-0.1, -0.05) is 0 Å². The minimum Gasteiger partial charge on any atom is -0.361 e. The Morgan fingerprint density at radius 2 is 2.05 bits per heavy atom. The number of fused-ring (bicyclic) bond motifs is 1. The first kappa shape index (κ1) is 13.3. The van der Waals surface area contributed by atoms with Crippen molar-refractivity contribution in [3.8, 4) is 0 Å². The molecular formula is C14H21N5O. The van der Waals surface area contributed by atoms with Crippen LogP contribution in [0.3, 0.4) is 0 Å². The normalized spacial score (nSPS) is 18.5. The van der Waals surface area contributed by atoms with E-state index >= 15 is 0 Å². The number of nitrogens with zero attached hydrogens (tertiary/aromatic N) is 3. The molecule has 0 spiro atoms. The zero-order chi connectivity index (χ0) is 13.8. The van der Waals surface area contributed by atoms with Crippen molar-refractivity contribution in [2.24, 2.45) is 0 Å². The number of hydrogen-bond acceptors (Lipinski definition) is 5. The molecule has 6 heteroatoms. The lowest BCUT2D eigenvalue weighted by atomic mass is 9.96. The largest absolute Gasteiger partial charge is 0.361 e. The third-order valence-electron chi connectivity index (χ3n) is 4.00. The smallest absolute Gasteiger partial charge is 0.242 e. The molecule has 1 fully saturated rings. The number of hydrogen-bond donors (Lipinski definition) is 2. The SMILES string of the molecule is O=C(CNc1ncnc2c1CCCC2)N1CCNCC1. The van der Waals surface area contributed by atoms with Crippen molar-refractivity contribution in [3.63, 3.8) is 0 Å². The number of aryl methyl sites for hydroxylation is 1. The average Bonchev–Trinajstić information content (AvgIpc) is 2.53. The van der Waals surface area contributed by atoms with Crippen molar-refractivity contribution in [2.45, 2.75) is 25.7 Å². The molecule has 0 bridgehead atoms. The van der Waals surface area contributed by atoms with Gasteiger partial charge in [0.25, 0.3) is 0 Å². The van der Waals surface area contributed by atoms with Gasteiger partial charge in [0.15, 0.2) is 0 Å². The van der Waals surface area contributed by atoms with Crippen LogP contribution in [0.5, 0.6) is 0 Å². The predicted octanol–water partition coefficient (Wildman–Crippen LogP) is 0.199. The topological polar surface area (TPSA) is 70.2 Å². The molecule has 1 aromatic rings. The summed E-state index contributed by atoms with van der Waals surface area (Å²) < 4.78 is 0. The maximum atomic E-state index is 12.1. The van der Waals surface area contributed by atoms with E-state index < -0.39 is 0 Å². The Bertz CT molecular complexity index is 484. The van der Waals surface area contributed by atoms with Crippen LogP contribution in [0.25, 0.3) is 0 Å². The second-order valence-electron chi connectivity index (χ2n) is 5.34. The van der Waals surface area contributed by atoms with E-state index in [0.29, 0.717) is 6.54 Å². The standard InChI is InChI=1S/C14H21N5O/c20-13(19-7-5-15-6-8-19)9-16-14-11-3-1-2-4-12(11)17-10-18-14/h10,15H,1-9H2,(H,16,17,18). The molecule has 3 rings (SSSR count). The van der Waals surface area contributed by atoms with Gasteiger partial charge in [0.1, 0.15) is 12.1 Å². The van der Waals surface area contributed by atoms with Gasteiger partial charge >= 0.3 is 0 Å². The molecule has 20 heavy (non-hydrogen) atoms. The van der Waals surface area contributed by atoms with Crippen molar-refractivity contribution in [2.75, 3.05) is 38.0 Å². The van der Waals surface area contributed by atoms with Crippen LogP contribution in [0.2, 0.25) is 0 Å². The van der Waals surface area contributed by atoms with Crippen molar-refractivity contribution < 1.29 is 4.79 Å². The molecule has 0 atom stereocenters. The van der Waals surface area contributed by atoms with Crippen molar-refractivity contribution >= 4 is 11.7 Å². The van der Waals surface area contributed by atoms with Crippen LogP contribution in [0.1, 0.15) is 24.1 Å². The molecule has 0 aromatic carbocycles. The molecule has 1 aliphatic heterocycles. The number of nitrogens with one attached hydrogen (secondary N) is 2. The van der Waals surface area contributed by atoms with E-state index in [9.17, 15) is 4.79 Å². The summed E-state index contributed by atoms with van der Waals surface area (Å²) in [7, 11) is 0. The summed E-state index contributed by atoms with van der Waals surface area (Å²) in [6.07, 6.45) is 6.02. The number of carbonyl (C=O) groups excluding carboxylic acids is 1. The van der Waals surface area contributed by atoms with Crippen LogP contribution in [0.4, 0.5) is 5.82 Å². The molecule has 2 aliphatic rings. The Morgan fingerprint density at radius 1 is 1.25 bits per heavy atom. The highest BCUT2D eigenvalue weighted by atomic mass is 16.2. The molecule has 108 valence electrons. The van der Waals surface area contributed by atoms with E-state index in [1.165, 1.54) is 18.4 Å². The maximum Gasteiger partial charge on any atom is 0.242 e. The van der Waals surface area contributed by atoms with Gasteiger partial charge in [-0.05, 0) is 25.7 Å². The number of rotatable bonds is 3. The Kier molecular flexibility index (Phi) is 4.11. The van der Waals surface area contributed by atoms with Gasteiger partial charge in [0.2, 0.25) is 5.91 Å². The minimum atomic E-state index is 0.148. The number of piperazine rings is 1. The minimum absolute atomic E-state index is 0.148. The zero-order valence-electron chi connectivity index (χ0n) is 11.7. The first-order valence-corrected chi connectivity index (χ1v) is 7.40. The van der Waals surface area contributed by atoms with E-state index in [0.717, 1.165) is 50.5 Å². The Morgan fingerprint density at radius 3 is 2.90 bits per heavy atom. The molecule has 2 N–H and O–H groups in total. The van der Waals surface area contributed by atoms with E-state index in [2.05, 4.69) is 20.6 Å². The van der Waals surface area contributed by atoms with Crippen LogP contribution in [-0.4, -0.2) is 53.5 Å². The summed E-state index contributed by atoms with van der Waals surface area (Å²) in [6, 6.07) is 0. The Labute approximate surface area is 119 Å². The lowest BCUT2D eigenvalue weighted by Crippen LogP contribution is -2.48. The van der Waals surface area contributed by atoms with E-state index in [4.69, 9.17) is 0 Å². The van der Waals surface area contributed by atoms with Crippen LogP contribution in [0, 0.1) is 0 Å². The van der Waals surface area contributed by atoms with Gasteiger partial charge in [-0.3, -0.25) is 4.79 Å². The molecule has 1 amide bonds. The van der Waals surface area contributed by atoms with Crippen LogP contribution >= 0.6 is 0 Å². The third-order valence-corrected chi connectivity index (χ3v) is 4.00. The molecule has 1 saturated heterocycles. The highest BCUT2D eigenvalue weighted by Gasteiger charge is 2.18. The van der Waals surface area contributed by atoms with E-state index in [1.54, 1.807) is 6.33 Å². The lowest BCUT2D eigenvalue weighted by Gasteiger charge is -2.27. The van der Waals surface area contributed by atoms with Crippen LogP contribution in [-0.2, 0) is 17.6 Å². The fourth-order valence-corrected chi connectivity index (χ4v) is 2.86. The van der Waals surface area contributed by atoms with Gasteiger partial charge in [-0.2, -0.15) is 0 Å². The first-order chi connectivity index (χ1) is 9.84. The highest BCUT2D eigenvalue weighted by molar-refractivity contribution is 5.81. The van der Waals surface area contributed by atoms with E-state index in [-0.39, 0.29) is 5.91 Å². The van der Waals surface area contributed by atoms with Crippen molar-refractivity contribution in [3.05, 3.63) is 17.6 Å². The fourth-order valence-electron chi connectivity index (χ4n) is 2.86. The summed E-state index contributed by atoms with van der Waals surface area (Å²) in [5, 5.41) is 6.46. The fraction of sp³-hybridized carbons (Fsp3) is 0.643. The molecule has 6 nitrogen and oxygen atoms in total. The third kappa shape index (κ3) is 2.90. The molecule has 1 aromatic heterocycles. The maximum absolute atomic E-state index is 12.1. The van der Waals surface area contributed by atoms with Gasteiger partial charge in [0.05, 0.1) is 6.54 Å². The van der Waals surface area contributed by atoms with Gasteiger partial charge in [-0.15, -0.1) is 0 Å². The molecule has 0 unspecified atom stereocenters. The lowest BCUT2D eigenvalue weighted by molar-refractivity contribution is -0.129. The number of aromatic nitrogens is 2. The predicted molar refractivity (Wildman–Crippen MR) is 76.6 cm³/mol. The highest BCUT2D eigenvalue weighted by Crippen LogP contribution is 2.24. The number of carbonyl (C=O) groups is 1. The summed E-state index contributed by atoms with van der Waals surface area (Å²) >= 11 is 0. The van der Waals surface area contributed by atoms with Gasteiger partial charge < -0.3 is 15.5 Å². The summed E-state index contributed by atoms with van der Waals surface area (Å²) in [5.74, 6) is 0.993. The van der Waals surface area contributed by atoms with Crippen molar-refractivity contribution in [1.82, 2.24) is 20.2 Å².